The zero-order chi connectivity index (χ0) is 21.5. The Morgan fingerprint density at radius 3 is 2.81 bits per heavy atom. The molecule has 0 saturated carbocycles. The monoisotopic (exact) mass is 419 g/mol. The Balaban J connectivity index is 1.61. The Bertz CT molecular complexity index is 1080. The summed E-state index contributed by atoms with van der Waals surface area (Å²) < 4.78 is 11.3. The van der Waals surface area contributed by atoms with Gasteiger partial charge in [-0.1, -0.05) is 29.8 Å². The summed E-state index contributed by atoms with van der Waals surface area (Å²) in [5.41, 5.74) is 3.48. The number of aryl methyl sites for hydroxylation is 1. The first-order valence-electron chi connectivity index (χ1n) is 10.8. The molecule has 160 valence electrons. The average Bonchev–Trinajstić information content (AvgIpc) is 3.50. The van der Waals surface area contributed by atoms with Crippen molar-refractivity contribution >= 4 is 17.4 Å². The lowest BCUT2D eigenvalue weighted by Gasteiger charge is -2.27. The van der Waals surface area contributed by atoms with E-state index in [4.69, 9.17) is 9.47 Å². The van der Waals surface area contributed by atoms with Crippen molar-refractivity contribution < 1.29 is 24.2 Å². The molecule has 3 aliphatic rings. The van der Waals surface area contributed by atoms with Gasteiger partial charge in [0, 0.05) is 25.1 Å². The molecule has 0 radical (unpaired) electrons. The molecule has 2 fully saturated rings. The molecule has 0 aliphatic carbocycles. The summed E-state index contributed by atoms with van der Waals surface area (Å²) in [7, 11) is 0. The molecule has 0 bridgehead atoms. The van der Waals surface area contributed by atoms with E-state index in [-0.39, 0.29) is 17.4 Å². The highest BCUT2D eigenvalue weighted by molar-refractivity contribution is 6.46. The molecule has 0 aromatic heterocycles. The van der Waals surface area contributed by atoms with Gasteiger partial charge < -0.3 is 19.5 Å². The minimum Gasteiger partial charge on any atom is -0.507 e. The van der Waals surface area contributed by atoms with E-state index in [0.717, 1.165) is 41.7 Å². The first-order valence-corrected chi connectivity index (χ1v) is 10.8. The molecular weight excluding hydrogens is 394 g/mol. The molecule has 6 nitrogen and oxygen atoms in total. The van der Waals surface area contributed by atoms with E-state index in [1.54, 1.807) is 11.0 Å². The summed E-state index contributed by atoms with van der Waals surface area (Å²) in [6, 6.07) is 12.5. The van der Waals surface area contributed by atoms with Crippen molar-refractivity contribution in [2.75, 3.05) is 19.8 Å². The number of aliphatic hydroxyl groups is 1. The summed E-state index contributed by atoms with van der Waals surface area (Å²) in [6.45, 7) is 3.57. The highest BCUT2D eigenvalue weighted by Crippen LogP contribution is 2.41. The Hall–Kier alpha value is -3.12. The van der Waals surface area contributed by atoms with Gasteiger partial charge in [-0.05, 0) is 49.1 Å². The number of hydrogen-bond acceptors (Lipinski definition) is 5. The summed E-state index contributed by atoms with van der Waals surface area (Å²) in [5, 5.41) is 11.2. The van der Waals surface area contributed by atoms with Crippen molar-refractivity contribution in [3.05, 3.63) is 70.3 Å². The zero-order valence-corrected chi connectivity index (χ0v) is 17.5. The zero-order valence-electron chi connectivity index (χ0n) is 17.5. The van der Waals surface area contributed by atoms with E-state index >= 15 is 0 Å². The Morgan fingerprint density at radius 2 is 2.03 bits per heavy atom. The van der Waals surface area contributed by atoms with Crippen LogP contribution >= 0.6 is 0 Å². The van der Waals surface area contributed by atoms with Crippen molar-refractivity contribution in [1.82, 2.24) is 4.90 Å². The van der Waals surface area contributed by atoms with Gasteiger partial charge in [-0.25, -0.2) is 0 Å². The number of ether oxygens (including phenoxy) is 2. The number of carbonyl (C=O) groups excluding carboxylic acids is 2. The van der Waals surface area contributed by atoms with Crippen molar-refractivity contribution in [3.63, 3.8) is 0 Å². The van der Waals surface area contributed by atoms with Gasteiger partial charge in [0.1, 0.15) is 11.5 Å². The second kappa shape index (κ2) is 7.85. The lowest BCUT2D eigenvalue weighted by Crippen LogP contribution is -2.36. The third-order valence-electron chi connectivity index (χ3n) is 6.29. The maximum atomic E-state index is 13.1. The molecule has 6 heteroatoms. The molecule has 5 rings (SSSR count). The molecule has 2 aromatic rings. The number of carbonyl (C=O) groups is 2. The fourth-order valence-corrected chi connectivity index (χ4v) is 4.75. The van der Waals surface area contributed by atoms with Gasteiger partial charge in [-0.2, -0.15) is 0 Å². The molecule has 2 saturated heterocycles. The standard InChI is InChI=1S/C25H25NO5/c1-15-4-2-5-17(12-15)22-21(23(27)18-7-8-20-16(13-18)9-11-31-20)24(28)25(29)26(22)14-19-6-3-10-30-19/h2,4-5,7-8,12-13,19,22,27H,3,6,9-11,14H2,1H3/b23-21-. The number of aliphatic hydroxyl groups excluding tert-OH is 1. The number of hydrogen-bond donors (Lipinski definition) is 1. The Morgan fingerprint density at radius 1 is 1.16 bits per heavy atom. The van der Waals surface area contributed by atoms with E-state index in [1.807, 2.05) is 43.3 Å². The summed E-state index contributed by atoms with van der Waals surface area (Å²) in [6.07, 6.45) is 2.46. The first-order chi connectivity index (χ1) is 15.0. The lowest BCUT2D eigenvalue weighted by molar-refractivity contribution is -0.140. The molecular formula is C25H25NO5. The topological polar surface area (TPSA) is 76.1 Å². The minimum atomic E-state index is -0.654. The van der Waals surface area contributed by atoms with Crippen LogP contribution in [0.15, 0.2) is 48.0 Å². The number of Topliss-reactive ketones (excluding diaryl/α,β-unsaturated/α-hetero) is 1. The Kier molecular flexibility index (Phi) is 5.02. The first kappa shape index (κ1) is 19.8. The van der Waals surface area contributed by atoms with Crippen molar-refractivity contribution in [3.8, 4) is 5.75 Å². The number of nitrogens with zero attached hydrogens (tertiary/aromatic N) is 1. The van der Waals surface area contributed by atoms with Gasteiger partial charge in [0.15, 0.2) is 0 Å². The SMILES string of the molecule is Cc1cccc(C2/C(=C(/O)c3ccc4c(c3)CCO4)C(=O)C(=O)N2CC2CCCO2)c1. The number of fused-ring (bicyclic) bond motifs is 1. The molecule has 0 spiro atoms. The van der Waals surface area contributed by atoms with Crippen LogP contribution in [0.2, 0.25) is 0 Å². The molecule has 2 unspecified atom stereocenters. The van der Waals surface area contributed by atoms with Crippen LogP contribution in [0.3, 0.4) is 0 Å². The number of rotatable bonds is 4. The fraction of sp³-hybridized carbons (Fsp3) is 0.360. The molecule has 3 aliphatic heterocycles. The molecule has 1 N–H and O–H groups in total. The third kappa shape index (κ3) is 3.51. The van der Waals surface area contributed by atoms with Crippen molar-refractivity contribution in [2.24, 2.45) is 0 Å². The van der Waals surface area contributed by atoms with Crippen LogP contribution in [0.1, 0.15) is 41.1 Å². The van der Waals surface area contributed by atoms with Crippen LogP contribution in [0.5, 0.6) is 5.75 Å². The van der Waals surface area contributed by atoms with E-state index in [0.29, 0.717) is 25.3 Å². The van der Waals surface area contributed by atoms with Crippen LogP contribution in [0.25, 0.3) is 5.76 Å². The Labute approximate surface area is 181 Å². The van der Waals surface area contributed by atoms with Crippen LogP contribution in [-0.4, -0.2) is 47.6 Å². The normalized spacial score (nSPS) is 24.5. The van der Waals surface area contributed by atoms with Gasteiger partial charge in [-0.3, -0.25) is 9.59 Å². The van der Waals surface area contributed by atoms with E-state index in [9.17, 15) is 14.7 Å². The van der Waals surface area contributed by atoms with E-state index in [1.165, 1.54) is 0 Å². The smallest absolute Gasteiger partial charge is 0.295 e. The average molecular weight is 419 g/mol. The van der Waals surface area contributed by atoms with Crippen LogP contribution in [0.4, 0.5) is 0 Å². The second-order valence-corrected chi connectivity index (χ2v) is 8.42. The van der Waals surface area contributed by atoms with Gasteiger partial charge in [-0.15, -0.1) is 0 Å². The number of amides is 1. The maximum Gasteiger partial charge on any atom is 0.295 e. The van der Waals surface area contributed by atoms with Gasteiger partial charge in [0.2, 0.25) is 0 Å². The quantitative estimate of drug-likeness (QED) is 0.466. The maximum absolute atomic E-state index is 13.1. The summed E-state index contributed by atoms with van der Waals surface area (Å²) in [4.78, 5) is 27.7. The highest BCUT2D eigenvalue weighted by Gasteiger charge is 2.47. The summed E-state index contributed by atoms with van der Waals surface area (Å²) in [5.74, 6) is -0.591. The van der Waals surface area contributed by atoms with Crippen molar-refractivity contribution in [2.45, 2.75) is 38.3 Å². The second-order valence-electron chi connectivity index (χ2n) is 8.42. The third-order valence-corrected chi connectivity index (χ3v) is 6.29. The van der Waals surface area contributed by atoms with Crippen LogP contribution in [-0.2, 0) is 20.7 Å². The van der Waals surface area contributed by atoms with Crippen molar-refractivity contribution in [1.29, 1.82) is 0 Å². The minimum absolute atomic E-state index is 0.0947. The van der Waals surface area contributed by atoms with Gasteiger partial charge in [0.25, 0.3) is 11.7 Å². The predicted molar refractivity (Wildman–Crippen MR) is 115 cm³/mol. The molecule has 3 heterocycles. The van der Waals surface area contributed by atoms with Crippen LogP contribution in [0, 0.1) is 6.92 Å². The molecule has 31 heavy (non-hydrogen) atoms. The fourth-order valence-electron chi connectivity index (χ4n) is 4.75. The van der Waals surface area contributed by atoms with E-state index in [2.05, 4.69) is 0 Å². The molecule has 2 aromatic carbocycles. The summed E-state index contributed by atoms with van der Waals surface area (Å²) >= 11 is 0. The van der Waals surface area contributed by atoms with Gasteiger partial charge >= 0.3 is 0 Å². The van der Waals surface area contributed by atoms with Crippen LogP contribution < -0.4 is 4.74 Å². The lowest BCUT2D eigenvalue weighted by atomic mass is 9.93. The van der Waals surface area contributed by atoms with E-state index < -0.39 is 17.7 Å². The predicted octanol–water partition coefficient (Wildman–Crippen LogP) is 3.53. The molecule has 2 atom stereocenters. The van der Waals surface area contributed by atoms with Gasteiger partial charge in [0.05, 0.1) is 24.3 Å². The highest BCUT2D eigenvalue weighted by atomic mass is 16.5. The number of benzene rings is 2. The number of ketones is 1. The number of likely N-dealkylation sites (tertiary alicyclic amines) is 1. The molecule has 1 amide bonds. The largest absolute Gasteiger partial charge is 0.507 e.